The zero-order valence-electron chi connectivity index (χ0n) is 12.5. The van der Waals surface area contributed by atoms with E-state index in [1.807, 2.05) is 4.90 Å². The molecule has 0 aromatic rings. The highest BCUT2D eigenvalue weighted by Crippen LogP contribution is 2.15. The molecule has 1 rings (SSSR count). The minimum Gasteiger partial charge on any atom is -0.395 e. The highest BCUT2D eigenvalue weighted by molar-refractivity contribution is 5.95. The number of imide groups is 1. The molecular formula is C14H27N3O3. The SMILES string of the molecule is CC(C)CCNC(=O)NC(=O)CN1CCCCC1CO. The van der Waals surface area contributed by atoms with Gasteiger partial charge in [-0.25, -0.2) is 4.79 Å². The highest BCUT2D eigenvalue weighted by Gasteiger charge is 2.23. The van der Waals surface area contributed by atoms with Crippen molar-refractivity contribution in [1.82, 2.24) is 15.5 Å². The van der Waals surface area contributed by atoms with E-state index in [0.717, 1.165) is 32.2 Å². The van der Waals surface area contributed by atoms with Gasteiger partial charge >= 0.3 is 6.03 Å². The standard InChI is InChI=1S/C14H27N3O3/c1-11(2)6-7-15-14(20)16-13(19)9-17-8-4-3-5-12(17)10-18/h11-12,18H,3-10H2,1-2H3,(H2,15,16,19,20). The molecule has 3 amide bonds. The van der Waals surface area contributed by atoms with Gasteiger partial charge in [0.05, 0.1) is 13.2 Å². The van der Waals surface area contributed by atoms with Crippen molar-refractivity contribution in [2.45, 2.75) is 45.6 Å². The lowest BCUT2D eigenvalue weighted by Crippen LogP contribution is -2.49. The van der Waals surface area contributed by atoms with Gasteiger partial charge in [-0.3, -0.25) is 15.0 Å². The second-order valence-corrected chi connectivity index (χ2v) is 5.79. The van der Waals surface area contributed by atoms with Gasteiger partial charge in [0.15, 0.2) is 0 Å². The molecule has 0 spiro atoms. The van der Waals surface area contributed by atoms with Crippen molar-refractivity contribution in [1.29, 1.82) is 0 Å². The third-order valence-corrected chi connectivity index (χ3v) is 3.57. The fourth-order valence-electron chi connectivity index (χ4n) is 2.34. The van der Waals surface area contributed by atoms with Gasteiger partial charge in [-0.15, -0.1) is 0 Å². The van der Waals surface area contributed by atoms with E-state index in [1.165, 1.54) is 0 Å². The molecule has 0 aliphatic carbocycles. The summed E-state index contributed by atoms with van der Waals surface area (Å²) in [5.41, 5.74) is 0. The Bertz CT molecular complexity index is 321. The summed E-state index contributed by atoms with van der Waals surface area (Å²) in [6.45, 7) is 5.76. The van der Waals surface area contributed by atoms with E-state index in [0.29, 0.717) is 12.5 Å². The maximum Gasteiger partial charge on any atom is 0.321 e. The van der Waals surface area contributed by atoms with Crippen LogP contribution in [0.1, 0.15) is 39.5 Å². The van der Waals surface area contributed by atoms with Gasteiger partial charge in [0, 0.05) is 12.6 Å². The molecule has 1 atom stereocenters. The summed E-state index contributed by atoms with van der Waals surface area (Å²) in [6.07, 6.45) is 3.91. The van der Waals surface area contributed by atoms with E-state index in [-0.39, 0.29) is 25.1 Å². The number of carbonyl (C=O) groups is 2. The number of urea groups is 1. The van der Waals surface area contributed by atoms with Gasteiger partial charge in [-0.2, -0.15) is 0 Å². The number of amides is 3. The lowest BCUT2D eigenvalue weighted by atomic mass is 10.0. The van der Waals surface area contributed by atoms with Crippen molar-refractivity contribution >= 4 is 11.9 Å². The van der Waals surface area contributed by atoms with Crippen LogP contribution >= 0.6 is 0 Å². The van der Waals surface area contributed by atoms with Crippen LogP contribution in [-0.2, 0) is 4.79 Å². The van der Waals surface area contributed by atoms with Crippen LogP contribution < -0.4 is 10.6 Å². The molecule has 1 saturated heterocycles. The molecular weight excluding hydrogens is 258 g/mol. The molecule has 6 heteroatoms. The van der Waals surface area contributed by atoms with Crippen molar-refractivity contribution in [2.24, 2.45) is 5.92 Å². The molecule has 116 valence electrons. The fourth-order valence-corrected chi connectivity index (χ4v) is 2.34. The molecule has 1 fully saturated rings. The summed E-state index contributed by atoms with van der Waals surface area (Å²) >= 11 is 0. The second-order valence-electron chi connectivity index (χ2n) is 5.79. The van der Waals surface area contributed by atoms with Gasteiger partial charge in [0.1, 0.15) is 0 Å². The quantitative estimate of drug-likeness (QED) is 0.671. The Kier molecular flexibility index (Phi) is 7.54. The molecule has 1 heterocycles. The number of nitrogens with zero attached hydrogens (tertiary/aromatic N) is 1. The van der Waals surface area contributed by atoms with Crippen LogP contribution in [0, 0.1) is 5.92 Å². The summed E-state index contributed by atoms with van der Waals surface area (Å²) < 4.78 is 0. The van der Waals surface area contributed by atoms with Gasteiger partial charge in [0.2, 0.25) is 5.91 Å². The Balaban J connectivity index is 2.26. The smallest absolute Gasteiger partial charge is 0.321 e. The van der Waals surface area contributed by atoms with E-state index in [4.69, 9.17) is 0 Å². The molecule has 1 aliphatic rings. The number of piperidine rings is 1. The third kappa shape index (κ3) is 6.34. The lowest BCUT2D eigenvalue weighted by molar-refractivity contribution is -0.122. The van der Waals surface area contributed by atoms with Crippen LogP contribution in [0.3, 0.4) is 0 Å². The van der Waals surface area contributed by atoms with E-state index in [2.05, 4.69) is 24.5 Å². The van der Waals surface area contributed by atoms with Crippen LogP contribution in [0.2, 0.25) is 0 Å². The first-order valence-corrected chi connectivity index (χ1v) is 7.45. The van der Waals surface area contributed by atoms with Crippen molar-refractivity contribution in [3.63, 3.8) is 0 Å². The van der Waals surface area contributed by atoms with Crippen LogP contribution in [0.4, 0.5) is 4.79 Å². The normalized spacial score (nSPS) is 19.9. The predicted molar refractivity (Wildman–Crippen MR) is 77.3 cm³/mol. The summed E-state index contributed by atoms with van der Waals surface area (Å²) in [7, 11) is 0. The van der Waals surface area contributed by atoms with Gasteiger partial charge in [0.25, 0.3) is 0 Å². The molecule has 6 nitrogen and oxygen atoms in total. The summed E-state index contributed by atoms with van der Waals surface area (Å²) in [4.78, 5) is 25.2. The number of rotatable bonds is 6. The van der Waals surface area contributed by atoms with Crippen LogP contribution in [-0.4, -0.2) is 54.2 Å². The van der Waals surface area contributed by atoms with E-state index < -0.39 is 6.03 Å². The molecule has 3 N–H and O–H groups in total. The topological polar surface area (TPSA) is 81.7 Å². The molecule has 0 saturated carbocycles. The number of nitrogens with one attached hydrogen (secondary N) is 2. The predicted octanol–water partition coefficient (Wildman–Crippen LogP) is 0.705. The maximum absolute atomic E-state index is 11.8. The Labute approximate surface area is 120 Å². The van der Waals surface area contributed by atoms with E-state index in [1.54, 1.807) is 0 Å². The van der Waals surface area contributed by atoms with E-state index in [9.17, 15) is 14.7 Å². The van der Waals surface area contributed by atoms with Crippen molar-refractivity contribution < 1.29 is 14.7 Å². The summed E-state index contributed by atoms with van der Waals surface area (Å²) in [5.74, 6) is 0.206. The molecule has 0 aromatic heterocycles. The first-order chi connectivity index (χ1) is 9.52. The number of aliphatic hydroxyl groups excluding tert-OH is 1. The first kappa shape index (κ1) is 16.9. The van der Waals surface area contributed by atoms with Crippen molar-refractivity contribution in [2.75, 3.05) is 26.2 Å². The number of aliphatic hydroxyl groups is 1. The first-order valence-electron chi connectivity index (χ1n) is 7.45. The zero-order chi connectivity index (χ0) is 15.0. The molecule has 1 aliphatic heterocycles. The number of hydrogen-bond donors (Lipinski definition) is 3. The average Bonchev–Trinajstić information content (AvgIpc) is 2.38. The van der Waals surface area contributed by atoms with Gasteiger partial charge < -0.3 is 10.4 Å². The minimum atomic E-state index is -0.437. The second kappa shape index (κ2) is 8.92. The van der Waals surface area contributed by atoms with Gasteiger partial charge in [-0.05, 0) is 31.7 Å². The number of carbonyl (C=O) groups excluding carboxylic acids is 2. The maximum atomic E-state index is 11.8. The zero-order valence-corrected chi connectivity index (χ0v) is 12.5. The van der Waals surface area contributed by atoms with Gasteiger partial charge in [-0.1, -0.05) is 20.3 Å². The van der Waals surface area contributed by atoms with Crippen LogP contribution in [0.15, 0.2) is 0 Å². The van der Waals surface area contributed by atoms with E-state index >= 15 is 0 Å². The fraction of sp³-hybridized carbons (Fsp3) is 0.857. The number of likely N-dealkylation sites (tertiary alicyclic amines) is 1. The van der Waals surface area contributed by atoms with Crippen molar-refractivity contribution in [3.05, 3.63) is 0 Å². The summed E-state index contributed by atoms with van der Waals surface area (Å²) in [6, 6.07) is -0.397. The minimum absolute atomic E-state index is 0.0403. The Hall–Kier alpha value is -1.14. The Morgan fingerprint density at radius 3 is 2.75 bits per heavy atom. The average molecular weight is 285 g/mol. The summed E-state index contributed by atoms with van der Waals surface area (Å²) in [5, 5.41) is 14.3. The Morgan fingerprint density at radius 1 is 1.35 bits per heavy atom. The molecule has 0 aromatic carbocycles. The van der Waals surface area contributed by atoms with Crippen LogP contribution in [0.25, 0.3) is 0 Å². The molecule has 0 radical (unpaired) electrons. The third-order valence-electron chi connectivity index (χ3n) is 3.57. The molecule has 0 bridgehead atoms. The largest absolute Gasteiger partial charge is 0.395 e. The monoisotopic (exact) mass is 285 g/mol. The number of hydrogen-bond acceptors (Lipinski definition) is 4. The lowest BCUT2D eigenvalue weighted by Gasteiger charge is -2.33. The molecule has 1 unspecified atom stereocenters. The molecule has 20 heavy (non-hydrogen) atoms. The Morgan fingerprint density at radius 2 is 2.10 bits per heavy atom. The van der Waals surface area contributed by atoms with Crippen molar-refractivity contribution in [3.8, 4) is 0 Å². The highest BCUT2D eigenvalue weighted by atomic mass is 16.3. The van der Waals surface area contributed by atoms with Crippen LogP contribution in [0.5, 0.6) is 0 Å².